The molecule has 0 fully saturated rings. The normalized spacial score (nSPS) is 6.96. The average Bonchev–Trinajstić information content (AvgIpc) is 1.41. The van der Waals surface area contributed by atoms with Crippen molar-refractivity contribution in [3.63, 3.8) is 0 Å². The molecular formula is H22O20S3Tb2. The summed E-state index contributed by atoms with van der Waals surface area (Å²) in [4.78, 5) is 0. The molecule has 0 bridgehead atoms. The van der Waals surface area contributed by atoms with Gasteiger partial charge in [0.25, 0.3) is 0 Å². The molecule has 0 aliphatic carbocycles. The van der Waals surface area contributed by atoms with Crippen LogP contribution in [0.1, 0.15) is 0 Å². The zero-order chi connectivity index (χ0) is 13.5. The van der Waals surface area contributed by atoms with Crippen molar-refractivity contribution in [1.29, 1.82) is 0 Å². The third-order valence-corrected chi connectivity index (χ3v) is 0. The molecule has 0 heterocycles. The van der Waals surface area contributed by atoms with E-state index in [0.29, 0.717) is 0 Å². The van der Waals surface area contributed by atoms with E-state index in [2.05, 4.69) is 0 Å². The zero-order valence-electron chi connectivity index (χ0n) is 11.0. The molecule has 0 saturated carbocycles. The van der Waals surface area contributed by atoms with Crippen LogP contribution in [-0.4, -0.2) is 96.4 Å². The Kier molecular flexibility index (Phi) is 152. The van der Waals surface area contributed by atoms with Gasteiger partial charge in [0, 0.05) is 77.2 Å². The van der Waals surface area contributed by atoms with Crippen molar-refractivity contribution in [3.05, 3.63) is 0 Å². The van der Waals surface area contributed by atoms with Crippen LogP contribution in [0.15, 0.2) is 0 Å². The van der Waals surface area contributed by atoms with E-state index in [4.69, 9.17) is 52.6 Å². The molecule has 0 rings (SSSR count). The maximum Gasteiger partial charge on any atom is 0.394 e. The molecule has 0 unspecified atom stereocenters. The molecule has 0 aliphatic heterocycles. The van der Waals surface area contributed by atoms with Crippen LogP contribution in [0.25, 0.3) is 0 Å². The molecule has 20 nitrogen and oxygen atoms in total. The molecule has 0 amide bonds. The van der Waals surface area contributed by atoms with Crippen molar-refractivity contribution in [1.82, 2.24) is 0 Å². The van der Waals surface area contributed by atoms with Gasteiger partial charge >= 0.3 is 31.2 Å². The molecular weight excluding hydrogens is 734 g/mol. The predicted molar refractivity (Wildman–Crippen MR) is 71.4 cm³/mol. The third kappa shape index (κ3) is 4250. The first-order valence-corrected chi connectivity index (χ1v) is 6.29. The molecule has 0 aromatic rings. The Labute approximate surface area is 202 Å². The van der Waals surface area contributed by atoms with E-state index in [1.807, 2.05) is 0 Å². The minimum atomic E-state index is -4.67. The summed E-state index contributed by atoms with van der Waals surface area (Å²) in [5.41, 5.74) is 0. The molecule has 0 aromatic heterocycles. The summed E-state index contributed by atoms with van der Waals surface area (Å²) in [5, 5.41) is 0. The molecule has 0 spiro atoms. The minimum Gasteiger partial charge on any atom is -0.412 e. The SMILES string of the molecule is O.O.O.O.O.O.O.O.O=S(=O)(O)O.O=S(=O)(O)O.O=S(=O)(O)O.[Tb].[Tb]. The monoisotopic (exact) mass is 756 g/mol. The van der Waals surface area contributed by atoms with E-state index in [-0.39, 0.29) is 121 Å². The Hall–Kier alpha value is 1.86. The fourth-order valence-electron chi connectivity index (χ4n) is 0. The van der Waals surface area contributed by atoms with Gasteiger partial charge in [-0.3, -0.25) is 27.3 Å². The van der Waals surface area contributed by atoms with E-state index in [1.165, 1.54) is 0 Å². The third-order valence-electron chi connectivity index (χ3n) is 0. The Bertz CT molecular complexity index is 344. The van der Waals surface area contributed by atoms with Gasteiger partial charge in [0.15, 0.2) is 0 Å². The van der Waals surface area contributed by atoms with Gasteiger partial charge in [-0.2, -0.15) is 25.3 Å². The van der Waals surface area contributed by atoms with Crippen LogP contribution < -0.4 is 0 Å². The Balaban J connectivity index is -0.00000000655. The second kappa shape index (κ2) is 40.5. The van der Waals surface area contributed by atoms with Gasteiger partial charge in [0.1, 0.15) is 0 Å². The van der Waals surface area contributed by atoms with Gasteiger partial charge in [-0.1, -0.05) is 0 Å². The fourth-order valence-corrected chi connectivity index (χ4v) is 0. The first-order chi connectivity index (χ1) is 6.00. The number of rotatable bonds is 0. The summed E-state index contributed by atoms with van der Waals surface area (Å²) in [6.07, 6.45) is 0. The summed E-state index contributed by atoms with van der Waals surface area (Å²) in [7, 11) is -14.0. The average molecular weight is 756 g/mol. The Morgan fingerprint density at radius 3 is 0.320 bits per heavy atom. The summed E-state index contributed by atoms with van der Waals surface area (Å²) >= 11 is 0. The van der Waals surface area contributed by atoms with Gasteiger partial charge in [-0.15, -0.1) is 0 Å². The maximum absolute atomic E-state index is 8.74. The molecule has 0 atom stereocenters. The largest absolute Gasteiger partial charge is 0.412 e. The van der Waals surface area contributed by atoms with Crippen LogP contribution in [0.4, 0.5) is 0 Å². The van der Waals surface area contributed by atoms with Crippen molar-refractivity contribution in [2.75, 3.05) is 0 Å². The molecule has 2 radical (unpaired) electrons. The van der Waals surface area contributed by atoms with E-state index >= 15 is 0 Å². The van der Waals surface area contributed by atoms with Crippen molar-refractivity contribution in [2.24, 2.45) is 0 Å². The van der Waals surface area contributed by atoms with Crippen molar-refractivity contribution >= 4 is 31.2 Å². The molecule has 0 aromatic carbocycles. The van der Waals surface area contributed by atoms with Crippen molar-refractivity contribution in [2.45, 2.75) is 0 Å². The quantitative estimate of drug-likeness (QED) is 0.126. The molecule has 25 heteroatoms. The summed E-state index contributed by atoms with van der Waals surface area (Å²) in [5.74, 6) is 0. The van der Waals surface area contributed by atoms with Crippen LogP contribution in [0.5, 0.6) is 0 Å². The van der Waals surface area contributed by atoms with E-state index in [9.17, 15) is 0 Å². The summed E-state index contributed by atoms with van der Waals surface area (Å²) in [6, 6.07) is 0. The number of hydrogen-bond acceptors (Lipinski definition) is 6. The van der Waals surface area contributed by atoms with Gasteiger partial charge in [-0.05, 0) is 0 Å². The van der Waals surface area contributed by atoms with Crippen LogP contribution in [0.3, 0.4) is 0 Å². The van der Waals surface area contributed by atoms with Gasteiger partial charge in [-0.25, -0.2) is 0 Å². The topological polar surface area (TPSA) is 476 Å². The van der Waals surface area contributed by atoms with E-state index in [0.717, 1.165) is 0 Å². The second-order valence-electron chi connectivity index (χ2n) is 1.34. The van der Waals surface area contributed by atoms with Crippen LogP contribution in [0, 0.1) is 77.2 Å². The van der Waals surface area contributed by atoms with Crippen LogP contribution in [0.2, 0.25) is 0 Å². The number of hydrogen-bond donors (Lipinski definition) is 6. The summed E-state index contributed by atoms with van der Waals surface area (Å²) < 4.78 is 94.8. The van der Waals surface area contributed by atoms with Crippen LogP contribution >= 0.6 is 0 Å². The molecule has 0 saturated heterocycles. The fraction of sp³-hybridized carbons (Fsp3) is 0. The van der Waals surface area contributed by atoms with E-state index < -0.39 is 31.2 Å². The standard InChI is InChI=1S/3H2O4S.8H2O.2Tb/c3*1-5(2,3)4;;;;;;;;;;/h3*(H2,1,2,3,4);8*1H2;;. The minimum absolute atomic E-state index is 0. The Morgan fingerprint density at radius 2 is 0.320 bits per heavy atom. The van der Waals surface area contributed by atoms with Gasteiger partial charge in [0.05, 0.1) is 0 Å². The first-order valence-electron chi connectivity index (χ1n) is 2.10. The van der Waals surface area contributed by atoms with Gasteiger partial charge in [0.2, 0.25) is 0 Å². The van der Waals surface area contributed by atoms with Crippen LogP contribution in [-0.2, 0) is 31.2 Å². The van der Waals surface area contributed by atoms with Gasteiger partial charge < -0.3 is 43.8 Å². The molecule has 25 heavy (non-hydrogen) atoms. The summed E-state index contributed by atoms with van der Waals surface area (Å²) in [6.45, 7) is 0. The Morgan fingerprint density at radius 1 is 0.320 bits per heavy atom. The first kappa shape index (κ1) is 93.5. The van der Waals surface area contributed by atoms with E-state index in [1.54, 1.807) is 0 Å². The molecule has 0 aliphatic rings. The van der Waals surface area contributed by atoms with Crippen molar-refractivity contribution < 1.29 is 174 Å². The smallest absolute Gasteiger partial charge is 0.394 e. The van der Waals surface area contributed by atoms with Crippen molar-refractivity contribution in [3.8, 4) is 0 Å². The molecule has 22 N–H and O–H groups in total. The maximum atomic E-state index is 8.74. The second-order valence-corrected chi connectivity index (χ2v) is 4.03. The predicted octanol–water partition coefficient (Wildman–Crippen LogP) is -8.56. The zero-order valence-corrected chi connectivity index (χ0v) is 17.8. The molecule has 178 valence electrons.